The van der Waals surface area contributed by atoms with Gasteiger partial charge in [0.25, 0.3) is 0 Å². The molecule has 5 heteroatoms. The van der Waals surface area contributed by atoms with E-state index in [2.05, 4.69) is 31.1 Å². The fraction of sp³-hybridized carbons (Fsp3) is 0.632. The molecule has 0 radical (unpaired) electrons. The number of fused-ring (bicyclic) bond motifs is 2. The molecule has 1 aromatic carbocycles. The summed E-state index contributed by atoms with van der Waals surface area (Å²) in [5, 5.41) is 3.67. The van der Waals surface area contributed by atoms with E-state index in [0.29, 0.717) is 24.7 Å². The Balaban J connectivity index is 0.00000208. The van der Waals surface area contributed by atoms with E-state index in [1.807, 2.05) is 35.2 Å². The maximum atomic E-state index is 12.9. The van der Waals surface area contributed by atoms with Crippen LogP contribution in [0.2, 0.25) is 0 Å². The molecule has 1 N–H and O–H groups in total. The van der Waals surface area contributed by atoms with E-state index in [1.165, 1.54) is 25.7 Å². The van der Waals surface area contributed by atoms with Gasteiger partial charge in [-0.25, -0.2) is 0 Å². The standard InChI is InChI=1S/C19H29N3O.ClH/c1-14(2)22(17-7-5-4-6-8-17)19(23)13-21(3)18-11-15-9-10-16(12-18)20-15;/h4-8,14-16,18,20H,9-13H2,1-3H3;1H. The first-order valence-electron chi connectivity index (χ1n) is 8.88. The minimum absolute atomic E-state index is 0. The van der Waals surface area contributed by atoms with Crippen molar-refractivity contribution in [2.24, 2.45) is 0 Å². The number of carbonyl (C=O) groups is 1. The Morgan fingerprint density at radius 2 is 1.75 bits per heavy atom. The van der Waals surface area contributed by atoms with Crippen molar-refractivity contribution in [3.05, 3.63) is 30.3 Å². The number of carbonyl (C=O) groups excluding carboxylic acids is 1. The zero-order valence-corrected chi connectivity index (χ0v) is 15.8. The van der Waals surface area contributed by atoms with Crippen molar-refractivity contribution in [2.75, 3.05) is 18.5 Å². The number of hydrogen-bond acceptors (Lipinski definition) is 3. The topological polar surface area (TPSA) is 35.6 Å². The van der Waals surface area contributed by atoms with Crippen LogP contribution in [0.15, 0.2) is 30.3 Å². The monoisotopic (exact) mass is 351 g/mol. The molecule has 2 atom stereocenters. The van der Waals surface area contributed by atoms with Crippen LogP contribution in [0.4, 0.5) is 5.69 Å². The first-order chi connectivity index (χ1) is 11.0. The largest absolute Gasteiger partial charge is 0.311 e. The molecule has 0 saturated carbocycles. The van der Waals surface area contributed by atoms with E-state index in [0.717, 1.165) is 5.69 Å². The number of rotatable bonds is 5. The van der Waals surface area contributed by atoms with Crippen molar-refractivity contribution >= 4 is 24.0 Å². The molecule has 24 heavy (non-hydrogen) atoms. The summed E-state index contributed by atoms with van der Waals surface area (Å²) in [4.78, 5) is 17.1. The van der Waals surface area contributed by atoms with Crippen LogP contribution in [0.3, 0.4) is 0 Å². The molecule has 134 valence electrons. The second kappa shape index (κ2) is 8.32. The highest BCUT2D eigenvalue weighted by Crippen LogP contribution is 2.29. The third-order valence-electron chi connectivity index (χ3n) is 5.28. The van der Waals surface area contributed by atoms with E-state index >= 15 is 0 Å². The van der Waals surface area contributed by atoms with Crippen LogP contribution < -0.4 is 10.2 Å². The highest BCUT2D eigenvalue weighted by molar-refractivity contribution is 5.95. The number of nitrogens with zero attached hydrogens (tertiary/aromatic N) is 2. The molecule has 2 fully saturated rings. The van der Waals surface area contributed by atoms with Gasteiger partial charge in [0.1, 0.15) is 0 Å². The summed E-state index contributed by atoms with van der Waals surface area (Å²) in [5.74, 6) is 0.194. The lowest BCUT2D eigenvalue weighted by Gasteiger charge is -2.36. The number of para-hydroxylation sites is 1. The lowest BCUT2D eigenvalue weighted by molar-refractivity contribution is -0.120. The van der Waals surface area contributed by atoms with Crippen molar-refractivity contribution in [2.45, 2.75) is 63.7 Å². The van der Waals surface area contributed by atoms with E-state index in [4.69, 9.17) is 0 Å². The van der Waals surface area contributed by atoms with E-state index in [-0.39, 0.29) is 24.4 Å². The fourth-order valence-electron chi connectivity index (χ4n) is 4.12. The summed E-state index contributed by atoms with van der Waals surface area (Å²) in [7, 11) is 2.11. The second-order valence-corrected chi connectivity index (χ2v) is 7.37. The first kappa shape index (κ1) is 19.2. The number of likely N-dealkylation sites (N-methyl/N-ethyl adjacent to an activating group) is 1. The molecule has 1 amide bonds. The number of anilines is 1. The number of piperidine rings is 1. The highest BCUT2D eigenvalue weighted by Gasteiger charge is 2.35. The van der Waals surface area contributed by atoms with Crippen LogP contribution in [-0.4, -0.2) is 48.6 Å². The Morgan fingerprint density at radius 3 is 2.29 bits per heavy atom. The molecule has 0 aromatic heterocycles. The predicted molar refractivity (Wildman–Crippen MR) is 102 cm³/mol. The van der Waals surface area contributed by atoms with Gasteiger partial charge in [0.05, 0.1) is 6.54 Å². The third-order valence-corrected chi connectivity index (χ3v) is 5.28. The number of hydrogen-bond donors (Lipinski definition) is 1. The van der Waals surface area contributed by atoms with Gasteiger partial charge in [-0.3, -0.25) is 9.69 Å². The number of nitrogens with one attached hydrogen (secondary N) is 1. The van der Waals surface area contributed by atoms with Gasteiger partial charge in [-0.1, -0.05) is 18.2 Å². The van der Waals surface area contributed by atoms with Gasteiger partial charge in [-0.15, -0.1) is 12.4 Å². The van der Waals surface area contributed by atoms with Gasteiger partial charge in [0, 0.05) is 29.9 Å². The molecule has 4 nitrogen and oxygen atoms in total. The molecule has 3 rings (SSSR count). The van der Waals surface area contributed by atoms with Crippen molar-refractivity contribution in [3.8, 4) is 0 Å². The quantitative estimate of drug-likeness (QED) is 0.885. The number of halogens is 1. The van der Waals surface area contributed by atoms with Crippen molar-refractivity contribution in [1.82, 2.24) is 10.2 Å². The maximum absolute atomic E-state index is 12.9. The van der Waals surface area contributed by atoms with Gasteiger partial charge >= 0.3 is 0 Å². The summed E-state index contributed by atoms with van der Waals surface area (Å²) in [6.45, 7) is 4.66. The molecule has 2 aliphatic heterocycles. The minimum Gasteiger partial charge on any atom is -0.311 e. The molecular weight excluding hydrogens is 322 g/mol. The Morgan fingerprint density at radius 1 is 1.17 bits per heavy atom. The molecule has 0 aliphatic carbocycles. The smallest absolute Gasteiger partial charge is 0.241 e. The summed E-state index contributed by atoms with van der Waals surface area (Å²) < 4.78 is 0. The third kappa shape index (κ3) is 4.29. The van der Waals surface area contributed by atoms with Crippen LogP contribution in [0, 0.1) is 0 Å². The molecule has 2 aliphatic rings. The normalized spacial score (nSPS) is 25.6. The minimum atomic E-state index is 0. The lowest BCUT2D eigenvalue weighted by Crippen LogP contribution is -2.50. The predicted octanol–water partition coefficient (Wildman–Crippen LogP) is 3.06. The zero-order chi connectivity index (χ0) is 16.4. The van der Waals surface area contributed by atoms with Crippen molar-refractivity contribution < 1.29 is 4.79 Å². The van der Waals surface area contributed by atoms with Crippen LogP contribution in [0.1, 0.15) is 39.5 Å². The van der Waals surface area contributed by atoms with Crippen LogP contribution >= 0.6 is 12.4 Å². The number of benzene rings is 1. The molecular formula is C19H30ClN3O. The summed E-state index contributed by atoms with van der Waals surface area (Å²) in [6, 6.07) is 12.0. The second-order valence-electron chi connectivity index (χ2n) is 7.37. The van der Waals surface area contributed by atoms with Gasteiger partial charge in [0.2, 0.25) is 5.91 Å². The fourth-order valence-corrected chi connectivity index (χ4v) is 4.12. The average molecular weight is 352 g/mol. The summed E-state index contributed by atoms with van der Waals surface area (Å²) in [5.41, 5.74) is 0.992. The molecule has 2 saturated heterocycles. The van der Waals surface area contributed by atoms with Gasteiger partial charge in [-0.05, 0) is 58.7 Å². The van der Waals surface area contributed by atoms with Gasteiger partial charge in [0.15, 0.2) is 0 Å². The van der Waals surface area contributed by atoms with E-state index in [9.17, 15) is 4.79 Å². The van der Waals surface area contributed by atoms with Gasteiger partial charge in [-0.2, -0.15) is 0 Å². The van der Waals surface area contributed by atoms with E-state index < -0.39 is 0 Å². The SMILES string of the molecule is CC(C)N(C(=O)CN(C)C1CC2CCC(C1)N2)c1ccccc1.Cl. The van der Waals surface area contributed by atoms with Crippen molar-refractivity contribution in [3.63, 3.8) is 0 Å². The molecule has 2 bridgehead atoms. The Labute approximate surface area is 152 Å². The summed E-state index contributed by atoms with van der Waals surface area (Å²) >= 11 is 0. The molecule has 1 aromatic rings. The van der Waals surface area contributed by atoms with Crippen molar-refractivity contribution in [1.29, 1.82) is 0 Å². The highest BCUT2D eigenvalue weighted by atomic mass is 35.5. The van der Waals surface area contributed by atoms with Crippen LogP contribution in [0.5, 0.6) is 0 Å². The average Bonchev–Trinajstić information content (AvgIpc) is 2.86. The molecule has 2 unspecified atom stereocenters. The van der Waals surface area contributed by atoms with E-state index in [1.54, 1.807) is 0 Å². The zero-order valence-electron chi connectivity index (χ0n) is 14.9. The van der Waals surface area contributed by atoms with Crippen LogP contribution in [0.25, 0.3) is 0 Å². The Kier molecular flexibility index (Phi) is 6.67. The lowest BCUT2D eigenvalue weighted by atomic mass is 9.98. The maximum Gasteiger partial charge on any atom is 0.241 e. The Hall–Kier alpha value is -1.10. The number of amides is 1. The van der Waals surface area contributed by atoms with Gasteiger partial charge < -0.3 is 10.2 Å². The first-order valence-corrected chi connectivity index (χ1v) is 8.88. The molecule has 2 heterocycles. The Bertz CT molecular complexity index is 525. The van der Waals surface area contributed by atoms with Crippen LogP contribution in [-0.2, 0) is 4.79 Å². The molecule has 0 spiro atoms. The summed E-state index contributed by atoms with van der Waals surface area (Å²) in [6.07, 6.45) is 4.94.